The monoisotopic (exact) mass is 391 g/mol. The first-order valence-electron chi connectivity index (χ1n) is 7.17. The van der Waals surface area contributed by atoms with Crippen LogP contribution in [0, 0.1) is 0 Å². The van der Waals surface area contributed by atoms with E-state index in [0.29, 0.717) is 18.1 Å². The van der Waals surface area contributed by atoms with Gasteiger partial charge < -0.3 is 10.0 Å². The number of anilines is 1. The number of halogens is 2. The average Bonchev–Trinajstić information content (AvgIpc) is 2.55. The highest BCUT2D eigenvalue weighted by molar-refractivity contribution is 9.10. The number of aromatic nitrogens is 2. The van der Waals surface area contributed by atoms with Gasteiger partial charge in [0.25, 0.3) is 0 Å². The molecular weight excluding hydrogens is 378 g/mol. The third kappa shape index (κ3) is 3.63. The molecule has 3 rings (SSSR count). The van der Waals surface area contributed by atoms with Crippen LogP contribution in [0.1, 0.15) is 5.56 Å². The second kappa shape index (κ2) is 7.25. The van der Waals surface area contributed by atoms with Crippen molar-refractivity contribution in [3.8, 4) is 0 Å². The van der Waals surface area contributed by atoms with Gasteiger partial charge in [-0.1, -0.05) is 33.6 Å². The fourth-order valence-corrected chi connectivity index (χ4v) is 3.42. The molecule has 0 saturated heterocycles. The predicted molar refractivity (Wildman–Crippen MR) is 96.8 cm³/mol. The van der Waals surface area contributed by atoms with Gasteiger partial charge in [-0.3, -0.25) is 9.97 Å². The summed E-state index contributed by atoms with van der Waals surface area (Å²) in [6, 6.07) is 9.70. The molecular formula is C17H15BrClN3O. The third-order valence-corrected chi connectivity index (χ3v) is 4.29. The second-order valence-electron chi connectivity index (χ2n) is 5.12. The van der Waals surface area contributed by atoms with E-state index in [0.717, 1.165) is 26.6 Å². The summed E-state index contributed by atoms with van der Waals surface area (Å²) in [6.45, 7) is 1.22. The number of aliphatic hydroxyl groups is 1. The van der Waals surface area contributed by atoms with E-state index >= 15 is 0 Å². The normalized spacial score (nSPS) is 10.9. The first-order chi connectivity index (χ1) is 11.2. The van der Waals surface area contributed by atoms with Crippen LogP contribution in [-0.2, 0) is 6.54 Å². The van der Waals surface area contributed by atoms with E-state index < -0.39 is 0 Å². The van der Waals surface area contributed by atoms with E-state index in [-0.39, 0.29) is 6.61 Å². The number of pyridine rings is 2. The van der Waals surface area contributed by atoms with E-state index in [4.69, 9.17) is 11.6 Å². The highest BCUT2D eigenvalue weighted by atomic mass is 79.9. The number of nitrogens with zero attached hydrogens (tertiary/aromatic N) is 3. The fourth-order valence-electron chi connectivity index (χ4n) is 2.56. The van der Waals surface area contributed by atoms with Crippen molar-refractivity contribution in [3.63, 3.8) is 0 Å². The summed E-state index contributed by atoms with van der Waals surface area (Å²) in [7, 11) is 0. The van der Waals surface area contributed by atoms with Gasteiger partial charge in [-0.05, 0) is 29.8 Å². The van der Waals surface area contributed by atoms with Gasteiger partial charge in [-0.25, -0.2) is 0 Å². The summed E-state index contributed by atoms with van der Waals surface area (Å²) in [4.78, 5) is 10.6. The zero-order valence-corrected chi connectivity index (χ0v) is 14.6. The summed E-state index contributed by atoms with van der Waals surface area (Å²) in [5, 5.41) is 11.0. The van der Waals surface area contributed by atoms with Gasteiger partial charge in [0.1, 0.15) is 0 Å². The molecule has 1 aromatic carbocycles. The molecule has 4 nitrogen and oxygen atoms in total. The van der Waals surface area contributed by atoms with Crippen molar-refractivity contribution in [1.29, 1.82) is 0 Å². The van der Waals surface area contributed by atoms with Crippen LogP contribution in [0.4, 0.5) is 5.69 Å². The van der Waals surface area contributed by atoms with Crippen LogP contribution < -0.4 is 4.90 Å². The van der Waals surface area contributed by atoms with E-state index in [9.17, 15) is 5.11 Å². The van der Waals surface area contributed by atoms with Crippen LogP contribution in [0.5, 0.6) is 0 Å². The average molecular weight is 393 g/mol. The maximum Gasteiger partial charge on any atom is 0.0909 e. The summed E-state index contributed by atoms with van der Waals surface area (Å²) in [6.07, 6.45) is 5.32. The SMILES string of the molecule is OCCN(Cc1cccnc1)c1ccnc2c(Cl)cc(Br)cc12. The molecule has 0 aliphatic heterocycles. The Morgan fingerprint density at radius 1 is 1.22 bits per heavy atom. The molecule has 3 aromatic rings. The molecule has 0 amide bonds. The minimum atomic E-state index is 0.0613. The van der Waals surface area contributed by atoms with Crippen molar-refractivity contribution >= 4 is 44.1 Å². The molecule has 0 spiro atoms. The van der Waals surface area contributed by atoms with E-state index in [2.05, 4.69) is 30.8 Å². The number of hydrogen-bond donors (Lipinski definition) is 1. The molecule has 0 saturated carbocycles. The molecule has 0 atom stereocenters. The van der Waals surface area contributed by atoms with Crippen LogP contribution in [0.15, 0.2) is 53.4 Å². The van der Waals surface area contributed by atoms with Crippen molar-refractivity contribution in [2.45, 2.75) is 6.54 Å². The standard InChI is InChI=1S/C17H15BrClN3O/c18-13-8-14-16(3-5-21-17(14)15(19)9-13)22(6-7-23)11-12-2-1-4-20-10-12/h1-5,8-10,23H,6-7,11H2. The molecule has 0 unspecified atom stereocenters. The van der Waals surface area contributed by atoms with Crippen LogP contribution in [0.2, 0.25) is 5.02 Å². The maximum atomic E-state index is 9.45. The van der Waals surface area contributed by atoms with Crippen molar-refractivity contribution in [2.24, 2.45) is 0 Å². The van der Waals surface area contributed by atoms with E-state index in [1.54, 1.807) is 12.4 Å². The lowest BCUT2D eigenvalue weighted by Crippen LogP contribution is -2.26. The number of hydrogen-bond acceptors (Lipinski definition) is 4. The van der Waals surface area contributed by atoms with Crippen LogP contribution in [0.25, 0.3) is 10.9 Å². The molecule has 0 fully saturated rings. The number of fused-ring (bicyclic) bond motifs is 1. The minimum absolute atomic E-state index is 0.0613. The van der Waals surface area contributed by atoms with Gasteiger partial charge in [0.2, 0.25) is 0 Å². The number of aliphatic hydroxyl groups excluding tert-OH is 1. The summed E-state index contributed by atoms with van der Waals surface area (Å²) in [5.41, 5.74) is 2.81. The quantitative estimate of drug-likeness (QED) is 0.712. The molecule has 2 heterocycles. The van der Waals surface area contributed by atoms with Crippen LogP contribution >= 0.6 is 27.5 Å². The van der Waals surface area contributed by atoms with Crippen molar-refractivity contribution < 1.29 is 5.11 Å². The van der Waals surface area contributed by atoms with Gasteiger partial charge in [-0.15, -0.1) is 0 Å². The Morgan fingerprint density at radius 3 is 2.83 bits per heavy atom. The molecule has 6 heteroatoms. The van der Waals surface area contributed by atoms with Crippen molar-refractivity contribution in [2.75, 3.05) is 18.1 Å². The first kappa shape index (κ1) is 16.2. The molecule has 23 heavy (non-hydrogen) atoms. The lowest BCUT2D eigenvalue weighted by molar-refractivity contribution is 0.301. The minimum Gasteiger partial charge on any atom is -0.395 e. The molecule has 0 aliphatic carbocycles. The zero-order chi connectivity index (χ0) is 16.2. The van der Waals surface area contributed by atoms with E-state index in [1.165, 1.54) is 0 Å². The maximum absolute atomic E-state index is 9.45. The number of benzene rings is 1. The van der Waals surface area contributed by atoms with Crippen LogP contribution in [-0.4, -0.2) is 28.2 Å². The van der Waals surface area contributed by atoms with Gasteiger partial charge >= 0.3 is 0 Å². The first-order valence-corrected chi connectivity index (χ1v) is 8.34. The lowest BCUT2D eigenvalue weighted by Gasteiger charge is -2.25. The van der Waals surface area contributed by atoms with Gasteiger partial charge in [0, 0.05) is 47.2 Å². The Morgan fingerprint density at radius 2 is 2.09 bits per heavy atom. The lowest BCUT2D eigenvalue weighted by atomic mass is 10.1. The van der Waals surface area contributed by atoms with Crippen molar-refractivity contribution in [1.82, 2.24) is 9.97 Å². The predicted octanol–water partition coefficient (Wildman–Crippen LogP) is 4.04. The Balaban J connectivity index is 2.07. The van der Waals surface area contributed by atoms with Crippen LogP contribution in [0.3, 0.4) is 0 Å². The topological polar surface area (TPSA) is 49.2 Å². The molecule has 0 aliphatic rings. The van der Waals surface area contributed by atoms with E-state index in [1.807, 2.05) is 36.5 Å². The largest absolute Gasteiger partial charge is 0.395 e. The van der Waals surface area contributed by atoms with Gasteiger partial charge in [0.05, 0.1) is 17.1 Å². The fraction of sp³-hybridized carbons (Fsp3) is 0.176. The number of rotatable bonds is 5. The van der Waals surface area contributed by atoms with Gasteiger partial charge in [-0.2, -0.15) is 0 Å². The second-order valence-corrected chi connectivity index (χ2v) is 6.44. The molecule has 1 N–H and O–H groups in total. The summed E-state index contributed by atoms with van der Waals surface area (Å²) >= 11 is 9.79. The molecule has 0 radical (unpaired) electrons. The third-order valence-electron chi connectivity index (χ3n) is 3.55. The Kier molecular flexibility index (Phi) is 5.10. The molecule has 0 bridgehead atoms. The zero-order valence-electron chi connectivity index (χ0n) is 12.3. The Hall–Kier alpha value is -1.69. The van der Waals surface area contributed by atoms with Gasteiger partial charge in [0.15, 0.2) is 0 Å². The molecule has 118 valence electrons. The Bertz CT molecular complexity index is 814. The highest BCUT2D eigenvalue weighted by Gasteiger charge is 2.13. The van der Waals surface area contributed by atoms with Crippen molar-refractivity contribution in [3.05, 3.63) is 64.0 Å². The summed E-state index contributed by atoms with van der Waals surface area (Å²) in [5.74, 6) is 0. The molecule has 2 aromatic heterocycles. The summed E-state index contributed by atoms with van der Waals surface area (Å²) < 4.78 is 0.898. The highest BCUT2D eigenvalue weighted by Crippen LogP contribution is 2.33. The smallest absolute Gasteiger partial charge is 0.0909 e. The Labute approximate surface area is 147 Å².